The Morgan fingerprint density at radius 1 is 0.670 bits per heavy atom. The van der Waals surface area contributed by atoms with Gasteiger partial charge in [0.15, 0.2) is 11.6 Å². The molecule has 3 aliphatic heterocycles. The van der Waals surface area contributed by atoms with Crippen LogP contribution in [0.4, 0.5) is 5.69 Å². The highest BCUT2D eigenvalue weighted by atomic mass is 32.2. The second-order valence-corrected chi connectivity index (χ2v) is 25.6. The average molecular weight is 1340 g/mol. The number of sulfonamides is 2. The molecule has 91 heavy (non-hydrogen) atoms. The standard InChI is InChI=1S/C56H80N12O20S3/c1-87-51(76)33-65(31-48(72)62-37-12-16-40(17-13-37)91(59,85)86)23-22-64(30-38(69)26-35-10-14-39(15-11-35)90(58,83)84)32-49(73)66-19-3-7-44(66)54(79)68-21-4-8-45(68)55(80)67-20-2-6-43(67)46(70)9-5-24-88-25-18-47(71)60-29-41(57)52(77)63-42(27-50(74)75)53(78)61-28-36(34-89)56(81)82/h10-17,36,41-45,89H,2-9,18-34,57H2,1H3,(H,60,71)(H,61,78)(H,62,72)(H,63,77)(H,74,75)(H,81,82)(H2,58,83,84)(H2,59,85,86)/t36-,41-,42+,43?,44+,45+/m1/s1. The summed E-state index contributed by atoms with van der Waals surface area (Å²) in [7, 11) is -6.89. The van der Waals surface area contributed by atoms with Crippen molar-refractivity contribution >= 4 is 109 Å². The van der Waals surface area contributed by atoms with E-state index >= 15 is 0 Å². The molecule has 0 aliphatic carbocycles. The van der Waals surface area contributed by atoms with Crippen LogP contribution in [-0.2, 0) is 93.5 Å². The molecule has 5 rings (SSSR count). The molecule has 35 heteroatoms. The number of esters is 1. The van der Waals surface area contributed by atoms with E-state index in [9.17, 15) is 84.6 Å². The first-order valence-corrected chi connectivity index (χ1v) is 33.0. The van der Waals surface area contributed by atoms with E-state index in [0.717, 1.165) is 7.11 Å². The predicted molar refractivity (Wildman–Crippen MR) is 325 cm³/mol. The monoisotopic (exact) mass is 1340 g/mol. The summed E-state index contributed by atoms with van der Waals surface area (Å²) in [6, 6.07) is 4.73. The van der Waals surface area contributed by atoms with Crippen LogP contribution in [0.15, 0.2) is 58.3 Å². The van der Waals surface area contributed by atoms with Crippen molar-refractivity contribution in [2.45, 2.75) is 111 Å². The fourth-order valence-electron chi connectivity index (χ4n) is 10.5. The molecule has 6 atom stereocenters. The maximum atomic E-state index is 14.6. The molecule has 0 aromatic heterocycles. The van der Waals surface area contributed by atoms with Gasteiger partial charge in [0.25, 0.3) is 0 Å². The third-order valence-electron chi connectivity index (χ3n) is 15.3. The van der Waals surface area contributed by atoms with Crippen molar-refractivity contribution in [1.29, 1.82) is 0 Å². The van der Waals surface area contributed by atoms with E-state index in [1.54, 1.807) is 0 Å². The number of aliphatic carboxylic acids is 2. The molecule has 1 unspecified atom stereocenters. The summed E-state index contributed by atoms with van der Waals surface area (Å²) in [4.78, 5) is 164. The lowest BCUT2D eigenvalue weighted by molar-refractivity contribution is -0.150. The van der Waals surface area contributed by atoms with Gasteiger partial charge >= 0.3 is 17.9 Å². The molecule has 3 saturated heterocycles. The Labute approximate surface area is 531 Å². The molecule has 3 aliphatic rings. The molecule has 0 spiro atoms. The van der Waals surface area contributed by atoms with Crippen molar-refractivity contribution in [3.8, 4) is 0 Å². The number of primary sulfonamides is 2. The summed E-state index contributed by atoms with van der Waals surface area (Å²) in [5.41, 5.74) is 6.53. The van der Waals surface area contributed by atoms with Gasteiger partial charge in [-0.1, -0.05) is 12.1 Å². The number of carbonyl (C=O) groups is 12. The van der Waals surface area contributed by atoms with Crippen molar-refractivity contribution in [3.05, 3.63) is 54.1 Å². The molecule has 2 aromatic rings. The number of hydrogen-bond donors (Lipinski definition) is 10. The summed E-state index contributed by atoms with van der Waals surface area (Å²) < 4.78 is 57.7. The molecule has 0 bridgehead atoms. The van der Waals surface area contributed by atoms with Gasteiger partial charge in [0.05, 0.1) is 68.1 Å². The molecule has 7 amide bonds. The molecule has 32 nitrogen and oxygen atoms in total. The van der Waals surface area contributed by atoms with E-state index < -0.39 is 154 Å². The summed E-state index contributed by atoms with van der Waals surface area (Å²) in [6.07, 6.45) is 1.51. The van der Waals surface area contributed by atoms with Crippen molar-refractivity contribution < 1.29 is 94.1 Å². The Morgan fingerprint density at radius 3 is 1.78 bits per heavy atom. The highest BCUT2D eigenvalue weighted by Crippen LogP contribution is 2.29. The summed E-state index contributed by atoms with van der Waals surface area (Å²) in [5, 5.41) is 38.4. The Kier molecular flexibility index (Phi) is 28.8. The fraction of sp³-hybridized carbons (Fsp3) is 0.571. The third kappa shape index (κ3) is 23.6. The highest BCUT2D eigenvalue weighted by molar-refractivity contribution is 7.89. The van der Waals surface area contributed by atoms with Crippen LogP contribution >= 0.6 is 12.6 Å². The van der Waals surface area contributed by atoms with Crippen LogP contribution in [0.2, 0.25) is 0 Å². The number of nitrogens with two attached hydrogens (primary N) is 3. The first-order chi connectivity index (χ1) is 43.0. The zero-order chi connectivity index (χ0) is 67.2. The average Bonchev–Trinajstić information content (AvgIpc) is 1.69. The number of amides is 7. The molecule has 3 fully saturated rings. The number of benzene rings is 2. The van der Waals surface area contributed by atoms with E-state index in [-0.39, 0.29) is 118 Å². The van der Waals surface area contributed by atoms with Crippen LogP contribution in [0.5, 0.6) is 0 Å². The quantitative estimate of drug-likeness (QED) is 0.0177. The number of thiol groups is 1. The van der Waals surface area contributed by atoms with E-state index in [4.69, 9.17) is 25.5 Å². The van der Waals surface area contributed by atoms with Crippen molar-refractivity contribution in [3.63, 3.8) is 0 Å². The van der Waals surface area contributed by atoms with Crippen LogP contribution in [-0.4, -0.2) is 251 Å². The number of carboxylic acid groups (broad SMARTS) is 2. The molecular formula is C56H80N12O20S3. The third-order valence-corrected chi connectivity index (χ3v) is 17.6. The van der Waals surface area contributed by atoms with E-state index in [0.29, 0.717) is 37.7 Å². The van der Waals surface area contributed by atoms with Gasteiger partial charge in [-0.05, 0) is 86.9 Å². The normalized spacial score (nSPS) is 17.7. The lowest BCUT2D eigenvalue weighted by atomic mass is 10.0. The number of Topliss-reactive ketones (excluding diaryl/α,β-unsaturated/α-hetero) is 2. The number of hydrogen-bond acceptors (Lipinski definition) is 22. The Balaban J connectivity index is 1.14. The smallest absolute Gasteiger partial charge is 0.319 e. The topological polar surface area (TPSA) is 474 Å². The number of ether oxygens (including phenoxy) is 2. The molecule has 0 radical (unpaired) electrons. The number of methoxy groups -OCH3 is 1. The van der Waals surface area contributed by atoms with Gasteiger partial charge in [0.2, 0.25) is 61.4 Å². The number of nitrogens with zero attached hydrogens (tertiary/aromatic N) is 5. The minimum atomic E-state index is -4.03. The maximum absolute atomic E-state index is 14.6. The fourth-order valence-corrected chi connectivity index (χ4v) is 11.8. The summed E-state index contributed by atoms with van der Waals surface area (Å²) in [6.45, 7) is -1.82. The summed E-state index contributed by atoms with van der Waals surface area (Å²) >= 11 is 3.91. The molecular weight excluding hydrogens is 1260 g/mol. The maximum Gasteiger partial charge on any atom is 0.319 e. The Hall–Kier alpha value is -7.51. The van der Waals surface area contributed by atoms with Crippen molar-refractivity contribution in [1.82, 2.24) is 40.4 Å². The molecule has 3 heterocycles. The zero-order valence-corrected chi connectivity index (χ0v) is 52.8. The minimum Gasteiger partial charge on any atom is -0.481 e. The van der Waals surface area contributed by atoms with Gasteiger partial charge in [-0.2, -0.15) is 12.6 Å². The van der Waals surface area contributed by atoms with Gasteiger partial charge in [0.1, 0.15) is 24.2 Å². The van der Waals surface area contributed by atoms with Gasteiger partial charge in [-0.25, -0.2) is 27.1 Å². The Morgan fingerprint density at radius 2 is 1.22 bits per heavy atom. The van der Waals surface area contributed by atoms with Crippen LogP contribution in [0, 0.1) is 5.92 Å². The van der Waals surface area contributed by atoms with Crippen molar-refractivity contribution in [2.75, 3.05) is 103 Å². The minimum absolute atomic E-state index is 0.0327. The lowest BCUT2D eigenvalue weighted by Gasteiger charge is -2.34. The second-order valence-electron chi connectivity index (χ2n) is 22.1. The predicted octanol–water partition coefficient (Wildman–Crippen LogP) is -3.61. The Bertz CT molecular complexity index is 3200. The summed E-state index contributed by atoms with van der Waals surface area (Å²) in [5.74, 6) is -9.68. The van der Waals surface area contributed by atoms with Crippen molar-refractivity contribution in [2.24, 2.45) is 21.9 Å². The van der Waals surface area contributed by atoms with Gasteiger partial charge in [-0.15, -0.1) is 0 Å². The number of carboxylic acids is 2. The number of likely N-dealkylation sites (tertiary alicyclic amines) is 3. The number of nitrogens with one attached hydrogen (secondary N) is 4. The first kappa shape index (κ1) is 74.2. The molecule has 12 N–H and O–H groups in total. The number of rotatable bonds is 37. The van der Waals surface area contributed by atoms with E-state index in [1.807, 2.05) is 0 Å². The second kappa shape index (κ2) is 35.3. The first-order valence-electron chi connectivity index (χ1n) is 29.2. The highest BCUT2D eigenvalue weighted by Gasteiger charge is 2.46. The lowest BCUT2D eigenvalue weighted by Crippen LogP contribution is -2.55. The van der Waals surface area contributed by atoms with Crippen LogP contribution in [0.25, 0.3) is 0 Å². The van der Waals surface area contributed by atoms with Gasteiger partial charge in [0, 0.05) is 83.1 Å². The molecule has 502 valence electrons. The zero-order valence-electron chi connectivity index (χ0n) is 50.2. The van der Waals surface area contributed by atoms with Crippen LogP contribution in [0.3, 0.4) is 0 Å². The van der Waals surface area contributed by atoms with E-state index in [2.05, 4.69) is 33.9 Å². The number of carbonyl (C=O) groups excluding carboxylic acids is 10. The number of ketones is 2. The largest absolute Gasteiger partial charge is 0.481 e. The van der Waals surface area contributed by atoms with E-state index in [1.165, 1.54) is 73.0 Å². The molecule has 0 saturated carbocycles. The van der Waals surface area contributed by atoms with Gasteiger partial charge in [-0.3, -0.25) is 67.3 Å². The SMILES string of the molecule is COC(=O)CN(CCN(CC(=O)Cc1ccc(S(N)(=O)=O)cc1)CC(=O)N1CCC[C@H]1C(=O)N1CCC[C@H]1C(=O)N1CCCC1C(=O)CCCOCCC(=O)NC[C@@H](N)C(=O)N[C@@H](CC(=O)O)C(=O)NC[C@H](CS)C(=O)O)CC(=O)Nc1ccc(S(N)(=O)=O)cc1. The van der Waals surface area contributed by atoms with Gasteiger partial charge < -0.3 is 61.4 Å². The molecule has 2 aromatic carbocycles. The van der Waals surface area contributed by atoms with Crippen LogP contribution < -0.4 is 37.3 Å². The number of anilines is 1. The van der Waals surface area contributed by atoms with Crippen LogP contribution in [0.1, 0.15) is 69.8 Å².